The van der Waals surface area contributed by atoms with E-state index in [9.17, 15) is 14.7 Å². The van der Waals surface area contributed by atoms with Crippen LogP contribution in [0, 0.1) is 5.41 Å². The van der Waals surface area contributed by atoms with Crippen molar-refractivity contribution in [3.05, 3.63) is 0 Å². The predicted molar refractivity (Wildman–Crippen MR) is 110 cm³/mol. The number of carboxylic acid groups (broad SMARTS) is 1. The van der Waals surface area contributed by atoms with Gasteiger partial charge in [0, 0.05) is 13.1 Å². The fourth-order valence-electron chi connectivity index (χ4n) is 3.52. The Morgan fingerprint density at radius 1 is 0.793 bits per heavy atom. The number of hydrogen-bond donors (Lipinski definition) is 2. The van der Waals surface area contributed by atoms with Crippen LogP contribution in [0.1, 0.15) is 97.3 Å². The maximum Gasteiger partial charge on any atom is 1.00 e. The van der Waals surface area contributed by atoms with Crippen molar-refractivity contribution in [1.82, 2.24) is 4.90 Å². The van der Waals surface area contributed by atoms with E-state index in [1.54, 1.807) is 0 Å². The summed E-state index contributed by atoms with van der Waals surface area (Å²) in [5.74, 6) is -1.97. The average molecular weight is 424 g/mol. The van der Waals surface area contributed by atoms with Gasteiger partial charge in [0.25, 0.3) is 0 Å². The molecule has 0 rings (SSSR count). The molecule has 0 radical (unpaired) electrons. The second-order valence-corrected chi connectivity index (χ2v) is 8.00. The molecule has 2 N–H and O–H groups in total. The van der Waals surface area contributed by atoms with Crippen LogP contribution in [0.4, 0.5) is 0 Å². The molecule has 0 aliphatic rings. The molecule has 0 bridgehead atoms. The van der Waals surface area contributed by atoms with Crippen LogP contribution in [0.2, 0.25) is 0 Å². The van der Waals surface area contributed by atoms with E-state index >= 15 is 0 Å². The fourth-order valence-corrected chi connectivity index (χ4v) is 3.52. The zero-order valence-corrected chi connectivity index (χ0v) is 21.1. The van der Waals surface area contributed by atoms with Crippen LogP contribution >= 0.6 is 0 Å². The first-order chi connectivity index (χ1) is 13.4. The van der Waals surface area contributed by atoms with Crippen molar-refractivity contribution in [2.45, 2.75) is 97.3 Å². The van der Waals surface area contributed by atoms with Gasteiger partial charge in [0.1, 0.15) is 0 Å². The maximum atomic E-state index is 12.6. The van der Waals surface area contributed by atoms with Crippen molar-refractivity contribution in [2.24, 2.45) is 5.41 Å². The molecule has 1 atom stereocenters. The number of unbranched alkanes of at least 4 members (excludes halogenated alkanes) is 11. The third kappa shape index (κ3) is 13.7. The minimum Gasteiger partial charge on any atom is -0.549 e. The first kappa shape index (κ1) is 31.0. The van der Waals surface area contributed by atoms with Gasteiger partial charge in [-0.1, -0.05) is 84.0 Å². The molecule has 0 spiro atoms. The Bertz CT molecular complexity index is 416. The summed E-state index contributed by atoms with van der Waals surface area (Å²) >= 11 is 0. The van der Waals surface area contributed by atoms with Gasteiger partial charge in [-0.05, 0) is 13.3 Å². The molecule has 1 amide bonds. The van der Waals surface area contributed by atoms with Gasteiger partial charge in [-0.15, -0.1) is 0 Å². The Morgan fingerprint density at radius 3 is 1.52 bits per heavy atom. The number of aliphatic hydroxyl groups is 2. The Kier molecular flexibility index (Phi) is 21.2. The summed E-state index contributed by atoms with van der Waals surface area (Å²) in [4.78, 5) is 25.4. The van der Waals surface area contributed by atoms with Crippen molar-refractivity contribution in [1.29, 1.82) is 0 Å². The topological polar surface area (TPSA) is 101 Å². The van der Waals surface area contributed by atoms with Gasteiger partial charge in [-0.2, -0.15) is 0 Å². The summed E-state index contributed by atoms with van der Waals surface area (Å²) < 4.78 is 0. The van der Waals surface area contributed by atoms with E-state index in [4.69, 9.17) is 10.2 Å². The summed E-state index contributed by atoms with van der Waals surface area (Å²) in [6.45, 7) is 3.11. The standard InChI is InChI=1S/C22H43NO5.Na/c1-3-4-5-6-7-8-9-10-11-12-13-14-15-22(2,21(27)28)20(26)23(16-18-24)17-19-25;/h24-25H,3-19H2,1-2H3,(H,27,28);/q;+1/p-1. The summed E-state index contributed by atoms with van der Waals surface area (Å²) in [5, 5.41) is 29.8. The Balaban J connectivity index is 0. The quantitative estimate of drug-likeness (QED) is 0.168. The van der Waals surface area contributed by atoms with Gasteiger partial charge >= 0.3 is 29.6 Å². The molecule has 0 saturated carbocycles. The summed E-state index contributed by atoms with van der Waals surface area (Å²) in [5.41, 5.74) is -1.61. The van der Waals surface area contributed by atoms with Crippen LogP contribution in [0.5, 0.6) is 0 Å². The molecule has 0 saturated heterocycles. The molecule has 6 nitrogen and oxygen atoms in total. The second-order valence-electron chi connectivity index (χ2n) is 8.00. The van der Waals surface area contributed by atoms with E-state index in [0.29, 0.717) is 6.42 Å². The maximum absolute atomic E-state index is 12.6. The van der Waals surface area contributed by atoms with Crippen molar-refractivity contribution in [2.75, 3.05) is 26.3 Å². The number of carbonyl (C=O) groups is 2. The predicted octanol–water partition coefficient (Wildman–Crippen LogP) is -0.349. The van der Waals surface area contributed by atoms with E-state index in [1.807, 2.05) is 0 Å². The molecule has 0 aliphatic heterocycles. The van der Waals surface area contributed by atoms with E-state index < -0.39 is 17.3 Å². The van der Waals surface area contributed by atoms with Crippen LogP contribution in [-0.4, -0.2) is 53.3 Å². The van der Waals surface area contributed by atoms with Gasteiger partial charge in [0.05, 0.1) is 24.6 Å². The first-order valence-electron chi connectivity index (χ1n) is 11.2. The first-order valence-corrected chi connectivity index (χ1v) is 11.2. The van der Waals surface area contributed by atoms with Crippen molar-refractivity contribution in [3.8, 4) is 0 Å². The van der Waals surface area contributed by atoms with Gasteiger partial charge in [0.15, 0.2) is 0 Å². The van der Waals surface area contributed by atoms with Crippen molar-refractivity contribution in [3.63, 3.8) is 0 Å². The molecule has 1 unspecified atom stereocenters. The number of amides is 1. The summed E-state index contributed by atoms with van der Waals surface area (Å²) in [7, 11) is 0. The number of rotatable bonds is 19. The second kappa shape index (κ2) is 19.8. The number of carboxylic acids is 1. The van der Waals surface area contributed by atoms with E-state index in [1.165, 1.54) is 63.2 Å². The van der Waals surface area contributed by atoms with E-state index in [0.717, 1.165) is 19.3 Å². The largest absolute Gasteiger partial charge is 1.00 e. The van der Waals surface area contributed by atoms with Crippen LogP contribution in [0.15, 0.2) is 0 Å². The summed E-state index contributed by atoms with van der Waals surface area (Å²) in [6.07, 6.45) is 14.4. The number of nitrogens with zero attached hydrogens (tertiary/aromatic N) is 1. The molecule has 0 fully saturated rings. The van der Waals surface area contributed by atoms with Gasteiger partial charge < -0.3 is 25.0 Å². The van der Waals surface area contributed by atoms with Crippen molar-refractivity contribution < 1.29 is 54.5 Å². The van der Waals surface area contributed by atoms with Crippen LogP contribution in [0.25, 0.3) is 0 Å². The Labute approximate surface area is 199 Å². The molecule has 7 heteroatoms. The number of hydrogen-bond acceptors (Lipinski definition) is 5. The Hall–Kier alpha value is -0.140. The van der Waals surface area contributed by atoms with Crippen LogP contribution in [-0.2, 0) is 9.59 Å². The Morgan fingerprint density at radius 2 is 1.17 bits per heavy atom. The molecule has 0 aromatic rings. The normalized spacial score (nSPS) is 12.8. The third-order valence-corrected chi connectivity index (χ3v) is 5.48. The third-order valence-electron chi connectivity index (χ3n) is 5.48. The fraction of sp³-hybridized carbons (Fsp3) is 0.909. The van der Waals surface area contributed by atoms with Crippen molar-refractivity contribution >= 4 is 11.9 Å². The van der Waals surface area contributed by atoms with E-state index in [2.05, 4.69) is 6.92 Å². The zero-order valence-electron chi connectivity index (χ0n) is 19.1. The molecule has 0 heterocycles. The monoisotopic (exact) mass is 423 g/mol. The number of aliphatic hydroxyl groups excluding tert-OH is 2. The molecule has 29 heavy (non-hydrogen) atoms. The average Bonchev–Trinajstić information content (AvgIpc) is 2.67. The van der Waals surface area contributed by atoms with Gasteiger partial charge in [0.2, 0.25) is 5.91 Å². The van der Waals surface area contributed by atoms with Crippen LogP contribution in [0.3, 0.4) is 0 Å². The minimum absolute atomic E-state index is 0. The molecule has 166 valence electrons. The molecule has 0 aromatic heterocycles. The van der Waals surface area contributed by atoms with Gasteiger partial charge in [-0.3, -0.25) is 4.79 Å². The molecule has 0 aromatic carbocycles. The zero-order chi connectivity index (χ0) is 21.3. The smallest absolute Gasteiger partial charge is 0.549 e. The van der Waals surface area contributed by atoms with E-state index in [-0.39, 0.29) is 62.3 Å². The number of carbonyl (C=O) groups excluding carboxylic acids is 2. The van der Waals surface area contributed by atoms with Crippen LogP contribution < -0.4 is 34.7 Å². The molecular weight excluding hydrogens is 381 g/mol. The molecule has 0 aliphatic carbocycles. The van der Waals surface area contributed by atoms with Gasteiger partial charge in [-0.25, -0.2) is 0 Å². The summed E-state index contributed by atoms with van der Waals surface area (Å²) in [6, 6.07) is 0. The number of aliphatic carboxylic acids is 1. The SMILES string of the molecule is CCCCCCCCCCCCCCC(C)(C(=O)[O-])C(=O)N(CCO)CCO.[Na+]. The minimum atomic E-state index is -1.61. The molecular formula is C22H42NNaO5.